The van der Waals surface area contributed by atoms with Gasteiger partial charge in [-0.2, -0.15) is 4.99 Å². The van der Waals surface area contributed by atoms with Crippen molar-refractivity contribution < 1.29 is 47.9 Å². The van der Waals surface area contributed by atoms with Gasteiger partial charge in [-0.25, -0.2) is 19.2 Å². The maximum absolute atomic E-state index is 12.4. The van der Waals surface area contributed by atoms with E-state index in [0.717, 1.165) is 30.4 Å². The first-order valence-corrected chi connectivity index (χ1v) is 18.9. The van der Waals surface area contributed by atoms with Gasteiger partial charge < -0.3 is 24.4 Å². The van der Waals surface area contributed by atoms with Crippen LogP contribution < -0.4 is 24.8 Å². The average molecular weight is 817 g/mol. The fourth-order valence-electron chi connectivity index (χ4n) is 5.41. The molecule has 0 aliphatic rings. The van der Waals surface area contributed by atoms with E-state index in [9.17, 15) is 24.0 Å². The number of amides is 2. The fourth-order valence-corrected chi connectivity index (χ4v) is 5.41. The highest BCUT2D eigenvalue weighted by atomic mass is 16.7. The number of carbonyl (C=O) groups excluding carboxylic acids is 5. The molecule has 0 heterocycles. The maximum Gasteiger partial charge on any atom is 0.433 e. The predicted octanol–water partition coefficient (Wildman–Crippen LogP) is 8.65. The molecule has 2 N–H and O–H groups in total. The zero-order chi connectivity index (χ0) is 43.3. The van der Waals surface area contributed by atoms with Gasteiger partial charge >= 0.3 is 24.1 Å². The summed E-state index contributed by atoms with van der Waals surface area (Å²) in [6.07, 6.45) is 5.70. The highest BCUT2D eigenvalue weighted by Crippen LogP contribution is 2.24. The lowest BCUT2D eigenvalue weighted by Crippen LogP contribution is -2.24. The smallest absolute Gasteiger partial charge is 0.426 e. The zero-order valence-corrected chi connectivity index (χ0v) is 33.6. The van der Waals surface area contributed by atoms with Gasteiger partial charge in [-0.1, -0.05) is 47.8 Å². The van der Waals surface area contributed by atoms with Gasteiger partial charge in [-0.05, 0) is 129 Å². The summed E-state index contributed by atoms with van der Waals surface area (Å²) < 4.78 is 15.6. The quantitative estimate of drug-likeness (QED) is 0.0133. The van der Waals surface area contributed by atoms with Crippen LogP contribution in [0.25, 0.3) is 0 Å². The van der Waals surface area contributed by atoms with Crippen LogP contribution >= 0.6 is 0 Å². The molecule has 310 valence electrons. The third kappa shape index (κ3) is 15.4. The standard InChI is InChI=1S/C44H44N6O10/c1-29-11-13-33(24-39(29)47-28-51)25-42(53)57-37-19-14-35(15-20-37)32(4)50-60-43(54)46-23-9-7-5-6-8-10-41(52)59-49-31(3)34-16-21-38(22-17-34)58-44(55)48-36-18-12-30(2)40(26-36)56-27-45/h11-22,24,26H,5-10,23,25H2,1-4H3,(H,46,54)(H,48,55)/b49-31+,50-32+. The number of oxime groups is 2. The van der Waals surface area contributed by atoms with Crippen LogP contribution in [0.5, 0.6) is 17.2 Å². The highest BCUT2D eigenvalue weighted by molar-refractivity contribution is 5.99. The van der Waals surface area contributed by atoms with Gasteiger partial charge in [-0.3, -0.25) is 14.9 Å². The first kappa shape index (κ1) is 45.1. The number of isocyanates is 1. The van der Waals surface area contributed by atoms with Gasteiger partial charge in [0.25, 0.3) is 6.26 Å². The van der Waals surface area contributed by atoms with Gasteiger partial charge in [0.05, 0.1) is 23.5 Å². The Labute approximate surface area is 346 Å². The Morgan fingerprint density at radius 3 is 1.97 bits per heavy atom. The Hall–Kier alpha value is -7.63. The molecule has 0 atom stereocenters. The van der Waals surface area contributed by atoms with Crippen molar-refractivity contribution in [1.82, 2.24) is 5.32 Å². The number of benzene rings is 4. The van der Waals surface area contributed by atoms with Crippen LogP contribution in [0.2, 0.25) is 0 Å². The lowest BCUT2D eigenvalue weighted by Gasteiger charge is -2.09. The number of nitrogens with one attached hydrogen (secondary N) is 2. The third-order valence-corrected chi connectivity index (χ3v) is 8.74. The van der Waals surface area contributed by atoms with Gasteiger partial charge in [-0.15, -0.1) is 5.26 Å². The molecule has 0 aliphatic carbocycles. The second-order valence-electron chi connectivity index (χ2n) is 13.4. The molecule has 0 aliphatic heterocycles. The van der Waals surface area contributed by atoms with Crippen LogP contribution in [0.3, 0.4) is 0 Å². The Kier molecular flexibility index (Phi) is 17.7. The van der Waals surface area contributed by atoms with E-state index in [1.165, 1.54) is 12.1 Å². The van der Waals surface area contributed by atoms with Gasteiger partial charge in [0.2, 0.25) is 6.08 Å². The monoisotopic (exact) mass is 816 g/mol. The molecular formula is C44H44N6O10. The summed E-state index contributed by atoms with van der Waals surface area (Å²) in [5.41, 5.74) is 5.25. The molecule has 0 unspecified atom stereocenters. The highest BCUT2D eigenvalue weighted by Gasteiger charge is 2.12. The molecule has 0 fully saturated rings. The number of hydrogen-bond acceptors (Lipinski definition) is 14. The van der Waals surface area contributed by atoms with E-state index in [0.29, 0.717) is 70.4 Å². The molecular weight excluding hydrogens is 773 g/mol. The molecule has 0 saturated heterocycles. The number of carbonyl (C=O) groups is 4. The Morgan fingerprint density at radius 2 is 1.30 bits per heavy atom. The molecule has 4 rings (SSSR count). The van der Waals surface area contributed by atoms with Crippen LogP contribution in [0, 0.1) is 25.4 Å². The number of rotatable bonds is 19. The van der Waals surface area contributed by atoms with Crippen LogP contribution in [0.15, 0.2) is 100 Å². The van der Waals surface area contributed by atoms with E-state index >= 15 is 0 Å². The summed E-state index contributed by atoms with van der Waals surface area (Å²) in [5.74, 6) is -0.0106. The van der Waals surface area contributed by atoms with Crippen molar-refractivity contribution in [2.45, 2.75) is 72.6 Å². The molecule has 2 amide bonds. The fraction of sp³-hybridized carbons (Fsp3) is 0.273. The molecule has 16 heteroatoms. The molecule has 4 aromatic rings. The van der Waals surface area contributed by atoms with E-state index in [1.54, 1.807) is 113 Å². The molecule has 0 radical (unpaired) electrons. The Balaban J connectivity index is 1.05. The maximum atomic E-state index is 12.4. The molecule has 0 saturated carbocycles. The topological polar surface area (TPSA) is 216 Å². The second kappa shape index (κ2) is 23.6. The van der Waals surface area contributed by atoms with Gasteiger partial charge in [0.1, 0.15) is 17.2 Å². The summed E-state index contributed by atoms with van der Waals surface area (Å²) >= 11 is 0. The van der Waals surface area contributed by atoms with E-state index in [1.807, 2.05) is 0 Å². The Bertz CT molecular complexity index is 2290. The van der Waals surface area contributed by atoms with Crippen molar-refractivity contribution in [3.63, 3.8) is 0 Å². The third-order valence-electron chi connectivity index (χ3n) is 8.74. The van der Waals surface area contributed by atoms with Crippen molar-refractivity contribution in [2.75, 3.05) is 11.9 Å². The number of ether oxygens (including phenoxy) is 3. The molecule has 16 nitrogen and oxygen atoms in total. The van der Waals surface area contributed by atoms with E-state index in [2.05, 4.69) is 25.9 Å². The summed E-state index contributed by atoms with van der Waals surface area (Å²) in [5, 5.41) is 21.8. The number of aryl methyl sites for hydroxylation is 2. The van der Waals surface area contributed by atoms with Crippen molar-refractivity contribution in [2.24, 2.45) is 15.3 Å². The molecule has 0 aromatic heterocycles. The number of nitrogens with zero attached hydrogens (tertiary/aromatic N) is 4. The van der Waals surface area contributed by atoms with Crippen LogP contribution in [0.1, 0.15) is 80.2 Å². The zero-order valence-electron chi connectivity index (χ0n) is 33.6. The van der Waals surface area contributed by atoms with Gasteiger partial charge in [0, 0.05) is 24.7 Å². The minimum atomic E-state index is -0.728. The first-order chi connectivity index (χ1) is 28.9. The van der Waals surface area contributed by atoms with E-state index in [-0.39, 0.29) is 18.6 Å². The van der Waals surface area contributed by atoms with Crippen LogP contribution in [0.4, 0.5) is 21.0 Å². The summed E-state index contributed by atoms with van der Waals surface area (Å²) in [6, 6.07) is 23.1. The minimum absolute atomic E-state index is 0.00904. The minimum Gasteiger partial charge on any atom is -0.426 e. The summed E-state index contributed by atoms with van der Waals surface area (Å²) in [6.45, 7) is 7.33. The lowest BCUT2D eigenvalue weighted by molar-refractivity contribution is -0.143. The normalized spacial score (nSPS) is 11.0. The molecule has 0 bridgehead atoms. The van der Waals surface area contributed by atoms with Crippen molar-refractivity contribution >= 4 is 53.0 Å². The number of hydrogen-bond donors (Lipinski definition) is 2. The van der Waals surface area contributed by atoms with Crippen molar-refractivity contribution in [3.05, 3.63) is 113 Å². The Morgan fingerprint density at radius 1 is 0.683 bits per heavy atom. The summed E-state index contributed by atoms with van der Waals surface area (Å²) in [4.78, 5) is 73.4. The number of nitriles is 1. The SMILES string of the molecule is C/C(=N\OC(=O)CCCCCCCNC(=O)O/N=C(\C)c1ccc(OC(=O)Cc2ccc(C)c(N=C=O)c2)cc1)c1ccc(OC(=O)Nc2ccc(C)c(OC#N)c2)cc1. The van der Waals surface area contributed by atoms with Crippen LogP contribution in [-0.4, -0.2) is 48.2 Å². The number of aliphatic imine (C=N–C) groups is 1. The lowest BCUT2D eigenvalue weighted by atomic mass is 10.1. The molecule has 60 heavy (non-hydrogen) atoms. The van der Waals surface area contributed by atoms with E-state index in [4.69, 9.17) is 29.1 Å². The molecule has 0 spiro atoms. The number of unbranched alkanes of at least 4 members (excludes halogenated alkanes) is 4. The second-order valence-corrected chi connectivity index (χ2v) is 13.4. The average Bonchev–Trinajstić information content (AvgIpc) is 3.23. The summed E-state index contributed by atoms with van der Waals surface area (Å²) in [7, 11) is 0. The predicted molar refractivity (Wildman–Crippen MR) is 221 cm³/mol. The van der Waals surface area contributed by atoms with Crippen molar-refractivity contribution in [3.8, 4) is 23.5 Å². The first-order valence-electron chi connectivity index (χ1n) is 18.9. The van der Waals surface area contributed by atoms with E-state index < -0.39 is 24.1 Å². The number of esters is 1. The van der Waals surface area contributed by atoms with Crippen LogP contribution in [-0.2, 0) is 30.5 Å². The van der Waals surface area contributed by atoms with Gasteiger partial charge in [0.15, 0.2) is 0 Å². The van der Waals surface area contributed by atoms with Crippen molar-refractivity contribution in [1.29, 1.82) is 5.26 Å². The number of anilines is 1. The largest absolute Gasteiger partial charge is 0.433 e. The molecule has 4 aromatic carbocycles.